The quantitative estimate of drug-likeness (QED) is 0.630. The second-order valence-electron chi connectivity index (χ2n) is 3.17. The Morgan fingerprint density at radius 1 is 1.23 bits per heavy atom. The van der Waals surface area contributed by atoms with E-state index in [1.165, 1.54) is 4.90 Å². The Kier molecular flexibility index (Phi) is 5.06. The third-order valence-electron chi connectivity index (χ3n) is 1.61. The molecule has 76 valence electrons. The first-order chi connectivity index (χ1) is 5.93. The molecule has 0 rings (SSSR count). The van der Waals surface area contributed by atoms with Gasteiger partial charge in [0.05, 0.1) is 6.54 Å². The molecule has 13 heavy (non-hydrogen) atoms. The normalized spacial score (nSPS) is 10.2. The summed E-state index contributed by atoms with van der Waals surface area (Å²) < 4.78 is 0. The number of carbonyl (C=O) groups is 2. The summed E-state index contributed by atoms with van der Waals surface area (Å²) >= 11 is 0. The molecule has 0 bridgehead atoms. The molecular weight excluding hydrogens is 172 g/mol. The van der Waals surface area contributed by atoms with E-state index < -0.39 is 5.97 Å². The van der Waals surface area contributed by atoms with E-state index in [-0.39, 0.29) is 12.5 Å². The minimum atomic E-state index is -0.875. The molecule has 1 N–H and O–H groups in total. The molecule has 0 aromatic heterocycles. The van der Waals surface area contributed by atoms with E-state index in [0.717, 1.165) is 0 Å². The molecule has 0 aromatic rings. The summed E-state index contributed by atoms with van der Waals surface area (Å²) in [7, 11) is 5.04. The topological polar surface area (TPSA) is 60.9 Å². The van der Waals surface area contributed by atoms with Crippen molar-refractivity contribution >= 4 is 11.9 Å². The summed E-state index contributed by atoms with van der Waals surface area (Å²) in [4.78, 5) is 24.4. The van der Waals surface area contributed by atoms with Gasteiger partial charge in [0.15, 0.2) is 0 Å². The van der Waals surface area contributed by atoms with Crippen LogP contribution in [0.15, 0.2) is 0 Å². The molecule has 0 radical (unpaired) electrons. The Labute approximate surface area is 77.9 Å². The molecule has 0 saturated carbocycles. The van der Waals surface area contributed by atoms with Crippen LogP contribution >= 0.6 is 0 Å². The van der Waals surface area contributed by atoms with Gasteiger partial charge in [0.2, 0.25) is 5.91 Å². The van der Waals surface area contributed by atoms with Gasteiger partial charge in [-0.2, -0.15) is 0 Å². The number of rotatable bonds is 5. The lowest BCUT2D eigenvalue weighted by Gasteiger charge is -2.15. The van der Waals surface area contributed by atoms with Gasteiger partial charge in [-0.1, -0.05) is 0 Å². The Hall–Kier alpha value is -1.10. The third-order valence-corrected chi connectivity index (χ3v) is 1.61. The van der Waals surface area contributed by atoms with Gasteiger partial charge in [-0.25, -0.2) is 0 Å². The van der Waals surface area contributed by atoms with Gasteiger partial charge >= 0.3 is 5.97 Å². The van der Waals surface area contributed by atoms with E-state index in [4.69, 9.17) is 5.11 Å². The van der Waals surface area contributed by atoms with Gasteiger partial charge in [-0.3, -0.25) is 14.5 Å². The highest BCUT2D eigenvalue weighted by Crippen LogP contribution is 1.91. The number of likely N-dealkylation sites (N-methyl/N-ethyl adjacent to an activating group) is 1. The summed E-state index contributed by atoms with van der Waals surface area (Å²) in [6.45, 7) is 0.448. The SMILES string of the molecule is CN(CCC(=O)N(C)C)CC(=O)O. The molecule has 0 saturated heterocycles. The summed E-state index contributed by atoms with van der Waals surface area (Å²) in [5.74, 6) is -0.864. The largest absolute Gasteiger partial charge is 0.480 e. The van der Waals surface area contributed by atoms with Crippen LogP contribution in [0.5, 0.6) is 0 Å². The first-order valence-corrected chi connectivity index (χ1v) is 4.04. The van der Waals surface area contributed by atoms with Crippen molar-refractivity contribution in [2.75, 3.05) is 34.2 Å². The molecule has 5 heteroatoms. The standard InChI is InChI=1S/C8H16N2O3/c1-9(2)7(11)4-5-10(3)6-8(12)13/h4-6H2,1-3H3,(H,12,13). The average molecular weight is 188 g/mol. The second kappa shape index (κ2) is 5.53. The first-order valence-electron chi connectivity index (χ1n) is 4.04. The Morgan fingerprint density at radius 2 is 1.77 bits per heavy atom. The zero-order valence-electron chi connectivity index (χ0n) is 8.28. The van der Waals surface area contributed by atoms with Crippen LogP contribution in [0.1, 0.15) is 6.42 Å². The van der Waals surface area contributed by atoms with Gasteiger partial charge < -0.3 is 10.0 Å². The maximum Gasteiger partial charge on any atom is 0.317 e. The van der Waals surface area contributed by atoms with E-state index in [1.54, 1.807) is 26.0 Å². The summed E-state index contributed by atoms with van der Waals surface area (Å²) in [5, 5.41) is 8.42. The molecule has 0 aliphatic carbocycles. The first kappa shape index (κ1) is 11.9. The number of carboxylic acids is 1. The maximum atomic E-state index is 11.1. The van der Waals surface area contributed by atoms with Crippen LogP contribution in [0.4, 0.5) is 0 Å². The highest BCUT2D eigenvalue weighted by Gasteiger charge is 2.08. The number of hydrogen-bond donors (Lipinski definition) is 1. The van der Waals surface area contributed by atoms with Crippen LogP contribution in [0.25, 0.3) is 0 Å². The molecule has 0 atom stereocenters. The molecule has 0 fully saturated rings. The van der Waals surface area contributed by atoms with E-state index in [1.807, 2.05) is 0 Å². The van der Waals surface area contributed by atoms with Crippen LogP contribution in [0.3, 0.4) is 0 Å². The smallest absolute Gasteiger partial charge is 0.317 e. The van der Waals surface area contributed by atoms with Crippen molar-refractivity contribution in [1.29, 1.82) is 0 Å². The third kappa shape index (κ3) is 6.10. The van der Waals surface area contributed by atoms with Gasteiger partial charge in [0, 0.05) is 27.1 Å². The Balaban J connectivity index is 3.63. The van der Waals surface area contributed by atoms with Crippen molar-refractivity contribution in [2.24, 2.45) is 0 Å². The van der Waals surface area contributed by atoms with Gasteiger partial charge in [-0.05, 0) is 7.05 Å². The highest BCUT2D eigenvalue weighted by atomic mass is 16.4. The number of nitrogens with zero attached hydrogens (tertiary/aromatic N) is 2. The molecule has 1 amide bonds. The molecule has 0 aliphatic rings. The fourth-order valence-corrected chi connectivity index (χ4v) is 0.820. The zero-order valence-corrected chi connectivity index (χ0v) is 8.28. The Bertz CT molecular complexity index is 192. The lowest BCUT2D eigenvalue weighted by molar-refractivity contribution is -0.138. The van der Waals surface area contributed by atoms with Crippen LogP contribution in [0.2, 0.25) is 0 Å². The number of amides is 1. The van der Waals surface area contributed by atoms with Crippen molar-refractivity contribution in [3.8, 4) is 0 Å². The lowest BCUT2D eigenvalue weighted by atomic mass is 10.3. The van der Waals surface area contributed by atoms with Crippen molar-refractivity contribution in [1.82, 2.24) is 9.80 Å². The van der Waals surface area contributed by atoms with Crippen LogP contribution in [0, 0.1) is 0 Å². The number of aliphatic carboxylic acids is 1. The van der Waals surface area contributed by atoms with Crippen molar-refractivity contribution in [2.45, 2.75) is 6.42 Å². The number of carboxylic acid groups (broad SMARTS) is 1. The minimum Gasteiger partial charge on any atom is -0.480 e. The van der Waals surface area contributed by atoms with Gasteiger partial charge in [0.25, 0.3) is 0 Å². The van der Waals surface area contributed by atoms with Crippen molar-refractivity contribution in [3.63, 3.8) is 0 Å². The number of hydrogen-bond acceptors (Lipinski definition) is 3. The molecular formula is C8H16N2O3. The maximum absolute atomic E-state index is 11.1. The van der Waals surface area contributed by atoms with Crippen molar-refractivity contribution in [3.05, 3.63) is 0 Å². The predicted molar refractivity (Wildman–Crippen MR) is 48.4 cm³/mol. The van der Waals surface area contributed by atoms with Gasteiger partial charge in [-0.15, -0.1) is 0 Å². The Morgan fingerprint density at radius 3 is 2.15 bits per heavy atom. The van der Waals surface area contributed by atoms with Crippen LogP contribution < -0.4 is 0 Å². The van der Waals surface area contributed by atoms with Gasteiger partial charge in [0.1, 0.15) is 0 Å². The van der Waals surface area contributed by atoms with Crippen molar-refractivity contribution < 1.29 is 14.7 Å². The second-order valence-corrected chi connectivity index (χ2v) is 3.17. The number of carbonyl (C=O) groups excluding carboxylic acids is 1. The van der Waals surface area contributed by atoms with E-state index >= 15 is 0 Å². The zero-order chi connectivity index (χ0) is 10.4. The van der Waals surface area contributed by atoms with Crippen LogP contribution in [-0.2, 0) is 9.59 Å². The monoisotopic (exact) mass is 188 g/mol. The predicted octanol–water partition coefficient (Wildman–Crippen LogP) is -0.519. The van der Waals surface area contributed by atoms with E-state index in [9.17, 15) is 9.59 Å². The molecule has 0 aromatic carbocycles. The van der Waals surface area contributed by atoms with E-state index in [0.29, 0.717) is 13.0 Å². The van der Waals surface area contributed by atoms with E-state index in [2.05, 4.69) is 0 Å². The molecule has 0 heterocycles. The summed E-state index contributed by atoms with van der Waals surface area (Å²) in [6.07, 6.45) is 0.358. The summed E-state index contributed by atoms with van der Waals surface area (Å²) in [5.41, 5.74) is 0. The minimum absolute atomic E-state index is 0.0113. The summed E-state index contributed by atoms with van der Waals surface area (Å²) in [6, 6.07) is 0. The highest BCUT2D eigenvalue weighted by molar-refractivity contribution is 5.75. The van der Waals surface area contributed by atoms with Crippen LogP contribution in [-0.4, -0.2) is 61.0 Å². The molecule has 0 aliphatic heterocycles. The average Bonchev–Trinajstić information content (AvgIpc) is 1.98. The fourth-order valence-electron chi connectivity index (χ4n) is 0.820. The molecule has 5 nitrogen and oxygen atoms in total. The lowest BCUT2D eigenvalue weighted by Crippen LogP contribution is -2.31. The molecule has 0 unspecified atom stereocenters. The molecule has 0 spiro atoms. The fraction of sp³-hybridized carbons (Fsp3) is 0.750.